The highest BCUT2D eigenvalue weighted by atomic mass is 28.3. The molecule has 0 aromatic heterocycles. The largest absolute Gasteiger partial charge is 0.358 e. The fourth-order valence-corrected chi connectivity index (χ4v) is 8.95. The Balaban J connectivity index is 1.65. The summed E-state index contributed by atoms with van der Waals surface area (Å²) in [6.07, 6.45) is 5.94. The van der Waals surface area contributed by atoms with Gasteiger partial charge in [-0.2, -0.15) is 0 Å². The molecule has 3 aromatic rings. The monoisotopic (exact) mass is 395 g/mol. The van der Waals surface area contributed by atoms with Crippen LogP contribution in [0.15, 0.2) is 79.1 Å². The second-order valence-corrected chi connectivity index (χ2v) is 13.1. The number of benzene rings is 3. The summed E-state index contributed by atoms with van der Waals surface area (Å²) in [6, 6.07) is 24.6. The van der Waals surface area contributed by atoms with Crippen LogP contribution in [0.5, 0.6) is 0 Å². The van der Waals surface area contributed by atoms with Crippen molar-refractivity contribution in [3.63, 3.8) is 0 Å². The highest BCUT2D eigenvalue weighted by Gasteiger charge is 2.44. The summed E-state index contributed by atoms with van der Waals surface area (Å²) in [5.41, 5.74) is 6.90. The number of anilines is 4. The Hall–Kier alpha value is -2.98. The summed E-state index contributed by atoms with van der Waals surface area (Å²) in [6.45, 7) is 5.05. The van der Waals surface area contributed by atoms with Gasteiger partial charge in [-0.15, -0.1) is 0 Å². The van der Waals surface area contributed by atoms with E-state index in [2.05, 4.69) is 114 Å². The first-order chi connectivity index (χ1) is 14.1. The molecule has 6 rings (SSSR count). The lowest BCUT2D eigenvalue weighted by Gasteiger charge is -2.42. The molecule has 0 amide bonds. The minimum absolute atomic E-state index is 0.420. The van der Waals surface area contributed by atoms with Crippen molar-refractivity contribution in [3.8, 4) is 0 Å². The van der Waals surface area contributed by atoms with Gasteiger partial charge in [0.15, 0.2) is 0 Å². The molecule has 3 heterocycles. The first-order valence-electron chi connectivity index (χ1n) is 10.4. The molecule has 29 heavy (non-hydrogen) atoms. The maximum Gasteiger partial charge on any atom is 0.118 e. The first-order valence-corrected chi connectivity index (χ1v) is 13.4. The summed E-state index contributed by atoms with van der Waals surface area (Å²) in [5, 5.41) is 3.13. The third kappa shape index (κ3) is 2.18. The van der Waals surface area contributed by atoms with Gasteiger partial charge < -0.3 is 14.7 Å². The average molecular weight is 396 g/mol. The van der Waals surface area contributed by atoms with Crippen molar-refractivity contribution in [1.29, 1.82) is 0 Å². The van der Waals surface area contributed by atoms with Crippen LogP contribution in [-0.2, 0) is 6.42 Å². The smallest absolute Gasteiger partial charge is 0.118 e. The van der Waals surface area contributed by atoms with Crippen LogP contribution < -0.4 is 20.2 Å². The van der Waals surface area contributed by atoms with Gasteiger partial charge in [0, 0.05) is 48.6 Å². The predicted molar refractivity (Wildman–Crippen MR) is 125 cm³/mol. The summed E-state index contributed by atoms with van der Waals surface area (Å²) in [4.78, 5) is 7.27. The van der Waals surface area contributed by atoms with Gasteiger partial charge in [-0.05, 0) is 46.3 Å². The van der Waals surface area contributed by atoms with Gasteiger partial charge in [0.25, 0.3) is 0 Å². The number of fused-ring (bicyclic) bond motifs is 6. The zero-order valence-electron chi connectivity index (χ0n) is 17.1. The average Bonchev–Trinajstić information content (AvgIpc) is 3.28. The molecule has 0 bridgehead atoms. The Morgan fingerprint density at radius 3 is 2.34 bits per heavy atom. The molecule has 3 aliphatic heterocycles. The Morgan fingerprint density at radius 1 is 0.793 bits per heavy atom. The van der Waals surface area contributed by atoms with Crippen molar-refractivity contribution in [2.75, 3.05) is 16.8 Å². The molecule has 0 saturated carbocycles. The van der Waals surface area contributed by atoms with Crippen LogP contribution in [0.4, 0.5) is 22.7 Å². The molecule has 0 N–H and O–H groups in total. The fourth-order valence-electron chi connectivity index (χ4n) is 5.51. The molecule has 144 valence electrons. The quantitative estimate of drug-likeness (QED) is 0.566. The first kappa shape index (κ1) is 16.9. The maximum atomic E-state index is 2.52. The molecule has 0 fully saturated rings. The summed E-state index contributed by atoms with van der Waals surface area (Å²) in [5.74, 6) is 0. The molecule has 4 heteroatoms. The highest BCUT2D eigenvalue weighted by molar-refractivity contribution is 7.03. The second kappa shape index (κ2) is 5.77. The predicted octanol–water partition coefficient (Wildman–Crippen LogP) is 4.40. The van der Waals surface area contributed by atoms with Gasteiger partial charge >= 0.3 is 0 Å². The third-order valence-electron chi connectivity index (χ3n) is 6.88. The van der Waals surface area contributed by atoms with Crippen molar-refractivity contribution in [3.05, 3.63) is 84.7 Å². The van der Waals surface area contributed by atoms with Crippen molar-refractivity contribution >= 4 is 41.2 Å². The Bertz CT molecular complexity index is 1150. The van der Waals surface area contributed by atoms with E-state index in [0.29, 0.717) is 6.17 Å². The Morgan fingerprint density at radius 2 is 1.52 bits per heavy atom. The lowest BCUT2D eigenvalue weighted by atomic mass is 10.1. The van der Waals surface area contributed by atoms with E-state index in [1.165, 1.54) is 27.9 Å². The van der Waals surface area contributed by atoms with Crippen LogP contribution in [0, 0.1) is 0 Å². The van der Waals surface area contributed by atoms with Crippen LogP contribution >= 0.6 is 0 Å². The number of hydrogen-bond acceptors (Lipinski definition) is 3. The minimum Gasteiger partial charge on any atom is -0.358 e. The fraction of sp³-hybridized carbons (Fsp3) is 0.200. The standard InChI is InChI=1S/C25H25N3Si/c1-26-15-16-27-20-13-14-22-25(19(20)17-24(26)27)29(2,3)23-12-8-7-11-21(23)28(22)18-9-5-4-6-10-18/h4-16,24H,17H2,1-3H3. The van der Waals surface area contributed by atoms with Gasteiger partial charge in [-0.3, -0.25) is 0 Å². The van der Waals surface area contributed by atoms with Crippen LogP contribution in [0.3, 0.4) is 0 Å². The van der Waals surface area contributed by atoms with Crippen LogP contribution in [-0.4, -0.2) is 26.2 Å². The topological polar surface area (TPSA) is 9.72 Å². The van der Waals surface area contributed by atoms with E-state index < -0.39 is 8.07 Å². The van der Waals surface area contributed by atoms with E-state index in [9.17, 15) is 0 Å². The normalized spacial score (nSPS) is 20.4. The highest BCUT2D eigenvalue weighted by Crippen LogP contribution is 2.44. The zero-order chi connectivity index (χ0) is 19.8. The number of nitrogens with zero attached hydrogens (tertiary/aromatic N) is 3. The molecule has 0 spiro atoms. The van der Waals surface area contributed by atoms with Crippen LogP contribution in [0.2, 0.25) is 13.1 Å². The summed E-state index contributed by atoms with van der Waals surface area (Å²) in [7, 11) is 0.344. The van der Waals surface area contributed by atoms with Gasteiger partial charge in [0.1, 0.15) is 14.2 Å². The van der Waals surface area contributed by atoms with Gasteiger partial charge in [-0.25, -0.2) is 0 Å². The van der Waals surface area contributed by atoms with E-state index in [4.69, 9.17) is 0 Å². The van der Waals surface area contributed by atoms with Gasteiger partial charge in [-0.1, -0.05) is 49.5 Å². The van der Waals surface area contributed by atoms with Crippen molar-refractivity contribution in [1.82, 2.24) is 4.90 Å². The molecule has 3 aromatic carbocycles. The van der Waals surface area contributed by atoms with Crippen molar-refractivity contribution in [2.24, 2.45) is 0 Å². The van der Waals surface area contributed by atoms with Gasteiger partial charge in [0.2, 0.25) is 0 Å². The van der Waals surface area contributed by atoms with E-state index in [-0.39, 0.29) is 0 Å². The molecular formula is C25H25N3Si. The lowest BCUT2D eigenvalue weighted by Crippen LogP contribution is -2.59. The maximum absolute atomic E-state index is 2.52. The Labute approximate surface area is 173 Å². The molecule has 1 unspecified atom stereocenters. The van der Waals surface area contributed by atoms with Crippen LogP contribution in [0.1, 0.15) is 5.56 Å². The molecule has 0 radical (unpaired) electrons. The molecular weight excluding hydrogens is 370 g/mol. The second-order valence-electron chi connectivity index (χ2n) is 8.83. The van der Waals surface area contributed by atoms with Crippen LogP contribution in [0.25, 0.3) is 0 Å². The van der Waals surface area contributed by atoms with Crippen molar-refractivity contribution in [2.45, 2.75) is 25.7 Å². The number of hydrogen-bond donors (Lipinski definition) is 0. The van der Waals surface area contributed by atoms with Gasteiger partial charge in [0.05, 0.1) is 0 Å². The van der Waals surface area contributed by atoms with E-state index in [1.807, 2.05) is 0 Å². The molecule has 0 saturated heterocycles. The van der Waals surface area contributed by atoms with Crippen molar-refractivity contribution < 1.29 is 0 Å². The van der Waals surface area contributed by atoms with E-state index in [0.717, 1.165) is 6.42 Å². The number of rotatable bonds is 1. The molecule has 3 aliphatic rings. The molecule has 3 nitrogen and oxygen atoms in total. The SMILES string of the molecule is CN1C=CN2c3ccc4c(c3CC12)[Si](C)(C)c1ccccc1N4c1ccccc1. The molecule has 0 aliphatic carbocycles. The Kier molecular flexibility index (Phi) is 3.37. The summed E-state index contributed by atoms with van der Waals surface area (Å²) < 4.78 is 0. The molecule has 1 atom stereocenters. The minimum atomic E-state index is -1.84. The summed E-state index contributed by atoms with van der Waals surface area (Å²) >= 11 is 0. The van der Waals surface area contributed by atoms with E-state index in [1.54, 1.807) is 10.8 Å². The zero-order valence-corrected chi connectivity index (χ0v) is 18.1. The number of para-hydroxylation sites is 2. The van der Waals surface area contributed by atoms with E-state index >= 15 is 0 Å². The third-order valence-corrected chi connectivity index (χ3v) is 10.5. The lowest BCUT2D eigenvalue weighted by molar-refractivity contribution is 0.369. The number of likely N-dealkylation sites (N-methyl/N-ethyl adjacent to an activating group) is 1.